The van der Waals surface area contributed by atoms with Crippen molar-refractivity contribution in [3.8, 4) is 17.0 Å². The molecule has 0 unspecified atom stereocenters. The van der Waals surface area contributed by atoms with E-state index in [2.05, 4.69) is 20.1 Å². The van der Waals surface area contributed by atoms with E-state index in [0.29, 0.717) is 28.3 Å². The second kappa shape index (κ2) is 4.20. The summed E-state index contributed by atoms with van der Waals surface area (Å²) in [6, 6.07) is 1.75. The Bertz CT molecular complexity index is 751. The van der Waals surface area contributed by atoms with E-state index in [4.69, 9.17) is 10.5 Å². The van der Waals surface area contributed by atoms with Crippen molar-refractivity contribution in [3.05, 3.63) is 24.8 Å². The van der Waals surface area contributed by atoms with Crippen LogP contribution in [0, 0.1) is 0 Å². The van der Waals surface area contributed by atoms with E-state index in [0.717, 1.165) is 5.56 Å². The lowest BCUT2D eigenvalue weighted by molar-refractivity contribution is 0.416. The summed E-state index contributed by atoms with van der Waals surface area (Å²) in [5, 5.41) is 4.13. The quantitative estimate of drug-likeness (QED) is 0.735. The summed E-state index contributed by atoms with van der Waals surface area (Å²) in [4.78, 5) is 12.8. The van der Waals surface area contributed by atoms with Crippen molar-refractivity contribution in [3.63, 3.8) is 0 Å². The summed E-state index contributed by atoms with van der Waals surface area (Å²) in [5.74, 6) is 0.818. The van der Waals surface area contributed by atoms with Crippen LogP contribution < -0.4 is 10.5 Å². The normalized spacial score (nSPS) is 10.8. The fourth-order valence-corrected chi connectivity index (χ4v) is 1.90. The number of pyridine rings is 1. The van der Waals surface area contributed by atoms with Crippen LogP contribution in [0.2, 0.25) is 0 Å². The van der Waals surface area contributed by atoms with Gasteiger partial charge in [0.25, 0.3) is 0 Å². The Morgan fingerprint density at radius 3 is 2.84 bits per heavy atom. The first-order chi connectivity index (χ1) is 9.19. The highest BCUT2D eigenvalue weighted by Crippen LogP contribution is 2.28. The number of anilines is 1. The van der Waals surface area contributed by atoms with Crippen LogP contribution in [0.15, 0.2) is 24.8 Å². The third kappa shape index (κ3) is 1.85. The van der Waals surface area contributed by atoms with E-state index < -0.39 is 0 Å². The lowest BCUT2D eigenvalue weighted by Gasteiger charge is -2.07. The van der Waals surface area contributed by atoms with Crippen LogP contribution in [0.1, 0.15) is 0 Å². The van der Waals surface area contributed by atoms with Crippen LogP contribution >= 0.6 is 0 Å². The summed E-state index contributed by atoms with van der Waals surface area (Å²) in [6.07, 6.45) is 5.08. The number of rotatable bonds is 2. The van der Waals surface area contributed by atoms with Gasteiger partial charge in [-0.05, 0) is 0 Å². The Morgan fingerprint density at radius 2 is 2.16 bits per heavy atom. The van der Waals surface area contributed by atoms with Gasteiger partial charge in [-0.2, -0.15) is 5.10 Å². The van der Waals surface area contributed by atoms with Gasteiger partial charge in [-0.25, -0.2) is 15.0 Å². The Kier molecular flexibility index (Phi) is 2.52. The molecule has 0 aromatic carbocycles. The van der Waals surface area contributed by atoms with Gasteiger partial charge >= 0.3 is 0 Å². The molecular formula is C12H12N6O. The van der Waals surface area contributed by atoms with Crippen molar-refractivity contribution in [2.45, 2.75) is 0 Å². The van der Waals surface area contributed by atoms with Gasteiger partial charge in [0.05, 0.1) is 18.8 Å². The molecule has 0 saturated carbocycles. The molecule has 0 amide bonds. The molecule has 3 heterocycles. The summed E-state index contributed by atoms with van der Waals surface area (Å²) in [7, 11) is 3.39. The van der Waals surface area contributed by atoms with Crippen molar-refractivity contribution >= 4 is 16.9 Å². The molecule has 0 saturated heterocycles. The van der Waals surface area contributed by atoms with Gasteiger partial charge < -0.3 is 10.5 Å². The topological polar surface area (TPSA) is 91.7 Å². The van der Waals surface area contributed by atoms with Gasteiger partial charge in [0, 0.05) is 24.9 Å². The monoisotopic (exact) mass is 256 g/mol. The molecule has 7 nitrogen and oxygen atoms in total. The average molecular weight is 256 g/mol. The first kappa shape index (κ1) is 11.4. The molecular weight excluding hydrogens is 244 g/mol. The fraction of sp³-hybridized carbons (Fsp3) is 0.167. The summed E-state index contributed by atoms with van der Waals surface area (Å²) < 4.78 is 6.84. The van der Waals surface area contributed by atoms with E-state index >= 15 is 0 Å². The van der Waals surface area contributed by atoms with E-state index in [1.165, 1.54) is 6.33 Å². The molecule has 3 aromatic heterocycles. The maximum absolute atomic E-state index is 5.84. The van der Waals surface area contributed by atoms with Gasteiger partial charge in [0.2, 0.25) is 0 Å². The third-order valence-corrected chi connectivity index (χ3v) is 2.80. The highest BCUT2D eigenvalue weighted by atomic mass is 16.5. The summed E-state index contributed by atoms with van der Waals surface area (Å²) in [6.45, 7) is 0. The predicted octanol–water partition coefficient (Wildman–Crippen LogP) is 1.02. The summed E-state index contributed by atoms with van der Waals surface area (Å²) >= 11 is 0. The van der Waals surface area contributed by atoms with Gasteiger partial charge in [-0.1, -0.05) is 0 Å². The largest absolute Gasteiger partial charge is 0.493 e. The summed E-state index contributed by atoms with van der Waals surface area (Å²) in [5.41, 5.74) is 8.72. The molecule has 96 valence electrons. The molecule has 0 aliphatic carbocycles. The first-order valence-corrected chi connectivity index (χ1v) is 5.63. The number of nitrogen functional groups attached to an aromatic ring is 1. The third-order valence-electron chi connectivity index (χ3n) is 2.80. The standard InChI is InChI=1S/C12H12N6O/c1-18-5-7(4-16-18)10-11-8(14-6-15-10)3-9(19-2)12(13)17-11/h3-6H,1-2H3,(H2,13,17). The molecule has 0 atom stereocenters. The molecule has 19 heavy (non-hydrogen) atoms. The van der Waals surface area contributed by atoms with E-state index in [1.54, 1.807) is 24.1 Å². The molecule has 0 spiro atoms. The first-order valence-electron chi connectivity index (χ1n) is 5.63. The minimum Gasteiger partial charge on any atom is -0.493 e. The van der Waals surface area contributed by atoms with Crippen LogP contribution in [0.5, 0.6) is 5.75 Å². The number of hydrogen-bond acceptors (Lipinski definition) is 6. The second-order valence-corrected chi connectivity index (χ2v) is 4.07. The van der Waals surface area contributed by atoms with Crippen LogP contribution in [0.3, 0.4) is 0 Å². The van der Waals surface area contributed by atoms with Crippen LogP contribution in [-0.2, 0) is 7.05 Å². The zero-order valence-electron chi connectivity index (χ0n) is 10.5. The average Bonchev–Trinajstić information content (AvgIpc) is 2.84. The maximum atomic E-state index is 5.84. The number of aromatic nitrogens is 5. The molecule has 0 radical (unpaired) electrons. The van der Waals surface area contributed by atoms with Crippen LogP contribution in [0.25, 0.3) is 22.3 Å². The van der Waals surface area contributed by atoms with Crippen molar-refractivity contribution in [2.75, 3.05) is 12.8 Å². The lowest BCUT2D eigenvalue weighted by atomic mass is 10.2. The molecule has 0 fully saturated rings. The van der Waals surface area contributed by atoms with Crippen molar-refractivity contribution in [1.29, 1.82) is 0 Å². The Morgan fingerprint density at radius 1 is 1.32 bits per heavy atom. The zero-order chi connectivity index (χ0) is 13.4. The van der Waals surface area contributed by atoms with Gasteiger partial charge in [-0.15, -0.1) is 0 Å². The molecule has 0 bridgehead atoms. The van der Waals surface area contributed by atoms with Gasteiger partial charge in [-0.3, -0.25) is 4.68 Å². The van der Waals surface area contributed by atoms with Gasteiger partial charge in [0.1, 0.15) is 17.5 Å². The van der Waals surface area contributed by atoms with Crippen molar-refractivity contribution < 1.29 is 4.74 Å². The lowest BCUT2D eigenvalue weighted by Crippen LogP contribution is -1.99. The van der Waals surface area contributed by atoms with Crippen molar-refractivity contribution in [1.82, 2.24) is 24.7 Å². The SMILES string of the molecule is COc1cc2ncnc(-c3cnn(C)c3)c2nc1N. The molecule has 3 rings (SSSR count). The number of ether oxygens (including phenoxy) is 1. The van der Waals surface area contributed by atoms with Gasteiger partial charge in [0.15, 0.2) is 11.6 Å². The predicted molar refractivity (Wildman–Crippen MR) is 70.5 cm³/mol. The number of fused-ring (bicyclic) bond motifs is 1. The fourth-order valence-electron chi connectivity index (χ4n) is 1.90. The smallest absolute Gasteiger partial charge is 0.166 e. The van der Waals surface area contributed by atoms with E-state index in [9.17, 15) is 0 Å². The van der Waals surface area contributed by atoms with Crippen LogP contribution in [0.4, 0.5) is 5.82 Å². The minimum absolute atomic E-state index is 0.315. The highest BCUT2D eigenvalue weighted by molar-refractivity contribution is 5.90. The number of hydrogen-bond donors (Lipinski definition) is 1. The Hall–Kier alpha value is -2.70. The van der Waals surface area contributed by atoms with Crippen molar-refractivity contribution in [2.24, 2.45) is 7.05 Å². The Labute approximate surface area is 109 Å². The molecule has 0 aliphatic rings. The molecule has 0 aliphatic heterocycles. The van der Waals surface area contributed by atoms with E-state index in [-0.39, 0.29) is 0 Å². The number of aryl methyl sites for hydroxylation is 1. The highest BCUT2D eigenvalue weighted by Gasteiger charge is 2.12. The number of nitrogens with zero attached hydrogens (tertiary/aromatic N) is 5. The Balaban J connectivity index is 2.29. The maximum Gasteiger partial charge on any atom is 0.166 e. The van der Waals surface area contributed by atoms with E-state index in [1.807, 2.05) is 13.2 Å². The molecule has 7 heteroatoms. The number of methoxy groups -OCH3 is 1. The van der Waals surface area contributed by atoms with Crippen LogP contribution in [-0.4, -0.2) is 31.8 Å². The molecule has 2 N–H and O–H groups in total. The molecule has 3 aromatic rings. The zero-order valence-corrected chi connectivity index (χ0v) is 10.5. The second-order valence-electron chi connectivity index (χ2n) is 4.07. The number of nitrogens with two attached hydrogens (primary N) is 1. The minimum atomic E-state index is 0.315.